The van der Waals surface area contributed by atoms with Gasteiger partial charge in [0.1, 0.15) is 0 Å². The summed E-state index contributed by atoms with van der Waals surface area (Å²) in [7, 11) is 0. The van der Waals surface area contributed by atoms with Crippen molar-refractivity contribution in [2.24, 2.45) is 0 Å². The van der Waals surface area contributed by atoms with Crippen LogP contribution in [0.1, 0.15) is 44.2 Å². The first-order valence-electron chi connectivity index (χ1n) is 7.06. The second-order valence-electron chi connectivity index (χ2n) is 5.41. The molecule has 19 heavy (non-hydrogen) atoms. The molecule has 1 saturated heterocycles. The van der Waals surface area contributed by atoms with Gasteiger partial charge < -0.3 is 9.47 Å². The first-order chi connectivity index (χ1) is 9.07. The lowest BCUT2D eigenvalue weighted by Gasteiger charge is -2.29. The van der Waals surface area contributed by atoms with Gasteiger partial charge in [-0.2, -0.15) is 0 Å². The molecule has 2 nitrogen and oxygen atoms in total. The number of ether oxygens (including phenoxy) is 2. The lowest BCUT2D eigenvalue weighted by atomic mass is 9.98. The Kier molecular flexibility index (Phi) is 4.88. The molecular weight excluding hydrogens is 260 g/mol. The van der Waals surface area contributed by atoms with Crippen LogP contribution in [-0.2, 0) is 15.3 Å². The molecule has 0 bridgehead atoms. The van der Waals surface area contributed by atoms with E-state index < -0.39 is 5.79 Å². The summed E-state index contributed by atoms with van der Waals surface area (Å²) in [4.78, 5) is 0. The SMILES string of the molecule is Cc1ccc(C2(CCCCCl)OC(C)C(C)O2)cc1. The predicted octanol–water partition coefficient (Wildman–Crippen LogP) is 4.38. The first kappa shape index (κ1) is 14.8. The molecule has 0 N–H and O–H groups in total. The summed E-state index contributed by atoms with van der Waals surface area (Å²) < 4.78 is 12.3. The third-order valence-corrected chi connectivity index (χ3v) is 4.06. The fourth-order valence-corrected chi connectivity index (χ4v) is 2.67. The molecule has 1 aromatic carbocycles. The van der Waals surface area contributed by atoms with E-state index in [0.717, 1.165) is 24.8 Å². The standard InChI is InChI=1S/C16H23ClO2/c1-12-6-8-15(9-7-12)16(10-4-5-11-17)18-13(2)14(3)19-16/h6-9,13-14H,4-5,10-11H2,1-3H3. The number of hydrogen-bond donors (Lipinski definition) is 0. The molecule has 106 valence electrons. The Morgan fingerprint density at radius 1 is 1.05 bits per heavy atom. The van der Waals surface area contributed by atoms with E-state index in [0.29, 0.717) is 5.88 Å². The third-order valence-electron chi connectivity index (χ3n) is 3.79. The summed E-state index contributed by atoms with van der Waals surface area (Å²) in [5.41, 5.74) is 2.36. The quantitative estimate of drug-likeness (QED) is 0.589. The highest BCUT2D eigenvalue weighted by Gasteiger charge is 2.44. The van der Waals surface area contributed by atoms with Crippen LogP contribution in [0, 0.1) is 6.92 Å². The van der Waals surface area contributed by atoms with Crippen LogP contribution in [0.25, 0.3) is 0 Å². The molecule has 0 saturated carbocycles. The zero-order valence-corrected chi connectivity index (χ0v) is 12.7. The van der Waals surface area contributed by atoms with Gasteiger partial charge in [-0.05, 0) is 33.6 Å². The fourth-order valence-electron chi connectivity index (χ4n) is 2.48. The minimum absolute atomic E-state index is 0.123. The summed E-state index contributed by atoms with van der Waals surface area (Å²) in [5, 5.41) is 0. The van der Waals surface area contributed by atoms with Crippen molar-refractivity contribution in [3.8, 4) is 0 Å². The van der Waals surface area contributed by atoms with Crippen LogP contribution >= 0.6 is 11.6 Å². The number of benzene rings is 1. The van der Waals surface area contributed by atoms with Crippen molar-refractivity contribution in [3.63, 3.8) is 0 Å². The Labute approximate surface area is 121 Å². The monoisotopic (exact) mass is 282 g/mol. The van der Waals surface area contributed by atoms with Crippen LogP contribution in [0.15, 0.2) is 24.3 Å². The van der Waals surface area contributed by atoms with E-state index in [2.05, 4.69) is 45.0 Å². The number of hydrogen-bond acceptors (Lipinski definition) is 2. The van der Waals surface area contributed by atoms with Gasteiger partial charge in [-0.3, -0.25) is 0 Å². The van der Waals surface area contributed by atoms with E-state index in [1.165, 1.54) is 5.56 Å². The first-order valence-corrected chi connectivity index (χ1v) is 7.59. The van der Waals surface area contributed by atoms with Crippen LogP contribution in [-0.4, -0.2) is 18.1 Å². The van der Waals surface area contributed by atoms with Crippen molar-refractivity contribution in [2.75, 3.05) is 5.88 Å². The van der Waals surface area contributed by atoms with Crippen molar-refractivity contribution in [2.45, 2.75) is 58.0 Å². The zero-order valence-electron chi connectivity index (χ0n) is 12.0. The summed E-state index contributed by atoms with van der Waals surface area (Å²) in [6.07, 6.45) is 3.11. The molecule has 0 spiro atoms. The fraction of sp³-hybridized carbons (Fsp3) is 0.625. The van der Waals surface area contributed by atoms with Gasteiger partial charge in [0.15, 0.2) is 5.79 Å². The Hall–Kier alpha value is -0.570. The van der Waals surface area contributed by atoms with E-state index >= 15 is 0 Å². The van der Waals surface area contributed by atoms with Crippen molar-refractivity contribution >= 4 is 11.6 Å². The molecule has 1 fully saturated rings. The van der Waals surface area contributed by atoms with Crippen LogP contribution in [0.5, 0.6) is 0 Å². The lowest BCUT2D eigenvalue weighted by molar-refractivity contribution is -0.187. The molecule has 2 unspecified atom stereocenters. The third kappa shape index (κ3) is 3.31. The molecule has 0 amide bonds. The van der Waals surface area contributed by atoms with Crippen molar-refractivity contribution in [1.82, 2.24) is 0 Å². The highest BCUT2D eigenvalue weighted by Crippen LogP contribution is 2.41. The number of halogens is 1. The Balaban J connectivity index is 2.21. The van der Waals surface area contributed by atoms with Crippen LogP contribution in [0.2, 0.25) is 0 Å². The van der Waals surface area contributed by atoms with E-state index in [9.17, 15) is 0 Å². The van der Waals surface area contributed by atoms with Gasteiger partial charge in [0, 0.05) is 17.9 Å². The summed E-state index contributed by atoms with van der Waals surface area (Å²) >= 11 is 5.77. The van der Waals surface area contributed by atoms with Gasteiger partial charge in [-0.1, -0.05) is 29.8 Å². The predicted molar refractivity (Wildman–Crippen MR) is 78.5 cm³/mol. The van der Waals surface area contributed by atoms with Gasteiger partial charge in [-0.25, -0.2) is 0 Å². The number of aryl methyl sites for hydroxylation is 1. The maximum Gasteiger partial charge on any atom is 0.195 e. The highest BCUT2D eigenvalue weighted by molar-refractivity contribution is 6.17. The number of alkyl halides is 1. The van der Waals surface area contributed by atoms with Gasteiger partial charge in [0.25, 0.3) is 0 Å². The Bertz CT molecular complexity index is 392. The van der Waals surface area contributed by atoms with Crippen molar-refractivity contribution in [1.29, 1.82) is 0 Å². The van der Waals surface area contributed by atoms with Gasteiger partial charge >= 0.3 is 0 Å². The number of rotatable bonds is 5. The molecule has 2 atom stereocenters. The van der Waals surface area contributed by atoms with Crippen LogP contribution in [0.4, 0.5) is 0 Å². The largest absolute Gasteiger partial charge is 0.340 e. The maximum absolute atomic E-state index is 6.17. The highest BCUT2D eigenvalue weighted by atomic mass is 35.5. The molecular formula is C16H23ClO2. The van der Waals surface area contributed by atoms with Gasteiger partial charge in [-0.15, -0.1) is 11.6 Å². The molecule has 0 radical (unpaired) electrons. The Morgan fingerprint density at radius 3 is 2.16 bits per heavy atom. The molecule has 1 aliphatic rings. The molecule has 1 aromatic rings. The second-order valence-corrected chi connectivity index (χ2v) is 5.79. The summed E-state index contributed by atoms with van der Waals surface area (Å²) in [6, 6.07) is 8.44. The van der Waals surface area contributed by atoms with E-state index in [1.807, 2.05) is 0 Å². The van der Waals surface area contributed by atoms with Crippen LogP contribution < -0.4 is 0 Å². The Morgan fingerprint density at radius 2 is 1.63 bits per heavy atom. The molecule has 1 aliphatic heterocycles. The lowest BCUT2D eigenvalue weighted by Crippen LogP contribution is -2.28. The summed E-state index contributed by atoms with van der Waals surface area (Å²) in [6.45, 7) is 6.23. The van der Waals surface area contributed by atoms with Crippen molar-refractivity contribution in [3.05, 3.63) is 35.4 Å². The van der Waals surface area contributed by atoms with E-state index in [1.54, 1.807) is 0 Å². The van der Waals surface area contributed by atoms with Gasteiger partial charge in [0.05, 0.1) is 12.2 Å². The zero-order chi connectivity index (χ0) is 13.9. The molecule has 0 aliphatic carbocycles. The molecule has 2 rings (SSSR count). The smallest absolute Gasteiger partial charge is 0.195 e. The normalized spacial score (nSPS) is 30.7. The topological polar surface area (TPSA) is 18.5 Å². The molecule has 0 aromatic heterocycles. The minimum Gasteiger partial charge on any atom is -0.340 e. The second kappa shape index (κ2) is 6.25. The molecule has 3 heteroatoms. The van der Waals surface area contributed by atoms with Crippen molar-refractivity contribution < 1.29 is 9.47 Å². The summed E-state index contributed by atoms with van der Waals surface area (Å²) in [5.74, 6) is 0.105. The van der Waals surface area contributed by atoms with Gasteiger partial charge in [0.2, 0.25) is 0 Å². The van der Waals surface area contributed by atoms with Crippen LogP contribution in [0.3, 0.4) is 0 Å². The van der Waals surface area contributed by atoms with E-state index in [4.69, 9.17) is 21.1 Å². The molecule has 1 heterocycles. The number of unbranched alkanes of at least 4 members (excludes halogenated alkanes) is 1. The van der Waals surface area contributed by atoms with E-state index in [-0.39, 0.29) is 12.2 Å². The maximum atomic E-state index is 6.17. The average molecular weight is 283 g/mol. The average Bonchev–Trinajstić information content (AvgIpc) is 2.67. The minimum atomic E-state index is -0.585.